The lowest BCUT2D eigenvalue weighted by Crippen LogP contribution is -2.16. The van der Waals surface area contributed by atoms with Gasteiger partial charge in [0, 0.05) is 6.08 Å². The minimum absolute atomic E-state index is 0.0621. The molecule has 1 N–H and O–H groups in total. The standard InChI is InChI=1S/C17H15F3N2OS/c1-2-24-16-9-8-13(11-21-16)22-15(23)10-14(17(18,19)20)12-6-4-3-5-7-12/h3-11H,2H2,1H3,(H,22,23)/b14-10-. The van der Waals surface area contributed by atoms with Crippen molar-refractivity contribution in [3.05, 3.63) is 60.3 Å². The molecule has 0 saturated carbocycles. The van der Waals surface area contributed by atoms with Gasteiger partial charge in [0.25, 0.3) is 0 Å². The fraction of sp³-hybridized carbons (Fsp3) is 0.176. The Labute approximate surface area is 142 Å². The lowest BCUT2D eigenvalue weighted by Gasteiger charge is -2.12. The van der Waals surface area contributed by atoms with Crippen LogP contribution in [0.3, 0.4) is 0 Å². The van der Waals surface area contributed by atoms with Crippen LogP contribution in [0.2, 0.25) is 0 Å². The molecule has 2 aromatic rings. The predicted octanol–water partition coefficient (Wildman–Crippen LogP) is 4.78. The topological polar surface area (TPSA) is 42.0 Å². The molecule has 126 valence electrons. The lowest BCUT2D eigenvalue weighted by atomic mass is 10.1. The highest BCUT2D eigenvalue weighted by Crippen LogP contribution is 2.33. The summed E-state index contributed by atoms with van der Waals surface area (Å²) >= 11 is 1.53. The maximum absolute atomic E-state index is 13.2. The fourth-order valence-corrected chi connectivity index (χ4v) is 2.53. The van der Waals surface area contributed by atoms with E-state index in [9.17, 15) is 18.0 Å². The number of pyridine rings is 1. The molecule has 0 atom stereocenters. The quantitative estimate of drug-likeness (QED) is 0.622. The van der Waals surface area contributed by atoms with Crippen LogP contribution in [-0.2, 0) is 4.79 Å². The number of rotatable bonds is 5. The van der Waals surface area contributed by atoms with Gasteiger partial charge in [-0.15, -0.1) is 11.8 Å². The Morgan fingerprint density at radius 3 is 2.46 bits per heavy atom. The third-order valence-electron chi connectivity index (χ3n) is 2.96. The number of hydrogen-bond acceptors (Lipinski definition) is 3. The third kappa shape index (κ3) is 5.13. The molecule has 1 aromatic carbocycles. The van der Waals surface area contributed by atoms with Gasteiger partial charge in [0.05, 0.1) is 22.5 Å². The van der Waals surface area contributed by atoms with Gasteiger partial charge in [-0.05, 0) is 23.4 Å². The molecule has 0 aliphatic heterocycles. The Kier molecular flexibility index (Phi) is 6.03. The van der Waals surface area contributed by atoms with Gasteiger partial charge in [-0.2, -0.15) is 13.2 Å². The second kappa shape index (κ2) is 8.01. The number of hydrogen-bond donors (Lipinski definition) is 1. The minimum Gasteiger partial charge on any atom is -0.321 e. The fourth-order valence-electron chi connectivity index (χ4n) is 1.94. The summed E-state index contributed by atoms with van der Waals surface area (Å²) in [5, 5.41) is 3.18. The van der Waals surface area contributed by atoms with E-state index in [1.165, 1.54) is 42.2 Å². The highest BCUT2D eigenvalue weighted by atomic mass is 32.2. The Bertz CT molecular complexity index is 713. The first-order chi connectivity index (χ1) is 11.4. The summed E-state index contributed by atoms with van der Waals surface area (Å²) in [4.78, 5) is 16.0. The van der Waals surface area contributed by atoms with E-state index < -0.39 is 17.7 Å². The summed E-state index contributed by atoms with van der Waals surface area (Å²) in [7, 11) is 0. The molecule has 3 nitrogen and oxygen atoms in total. The first kappa shape index (κ1) is 18.1. The Morgan fingerprint density at radius 2 is 1.92 bits per heavy atom. The van der Waals surface area contributed by atoms with Crippen molar-refractivity contribution in [3.8, 4) is 0 Å². The van der Waals surface area contributed by atoms with E-state index in [1.807, 2.05) is 6.92 Å². The number of amides is 1. The zero-order valence-corrected chi connectivity index (χ0v) is 13.6. The summed E-state index contributed by atoms with van der Waals surface area (Å²) in [6.07, 6.45) is -2.65. The maximum Gasteiger partial charge on any atom is 0.417 e. The van der Waals surface area contributed by atoms with Crippen LogP contribution in [0.4, 0.5) is 18.9 Å². The molecule has 0 saturated heterocycles. The van der Waals surface area contributed by atoms with Crippen LogP contribution >= 0.6 is 11.8 Å². The van der Waals surface area contributed by atoms with Crippen LogP contribution in [0.25, 0.3) is 5.57 Å². The van der Waals surface area contributed by atoms with Gasteiger partial charge in [0.15, 0.2) is 0 Å². The van der Waals surface area contributed by atoms with Crippen molar-refractivity contribution in [1.82, 2.24) is 4.98 Å². The van der Waals surface area contributed by atoms with E-state index in [1.54, 1.807) is 18.2 Å². The van der Waals surface area contributed by atoms with Crippen molar-refractivity contribution in [2.75, 3.05) is 11.1 Å². The molecule has 0 aliphatic carbocycles. The smallest absolute Gasteiger partial charge is 0.321 e. The molecule has 1 amide bonds. The minimum atomic E-state index is -4.63. The largest absolute Gasteiger partial charge is 0.417 e. The van der Waals surface area contributed by atoms with E-state index >= 15 is 0 Å². The maximum atomic E-state index is 13.2. The van der Waals surface area contributed by atoms with Crippen molar-refractivity contribution in [1.29, 1.82) is 0 Å². The lowest BCUT2D eigenvalue weighted by molar-refractivity contribution is -0.112. The first-order valence-electron chi connectivity index (χ1n) is 7.14. The van der Waals surface area contributed by atoms with E-state index in [-0.39, 0.29) is 5.56 Å². The number of thioether (sulfide) groups is 1. The third-order valence-corrected chi connectivity index (χ3v) is 3.79. The summed E-state index contributed by atoms with van der Waals surface area (Å²) in [6, 6.07) is 10.5. The normalized spacial score (nSPS) is 12.1. The monoisotopic (exact) mass is 352 g/mol. The number of halogens is 3. The van der Waals surface area contributed by atoms with Crippen molar-refractivity contribution < 1.29 is 18.0 Å². The van der Waals surface area contributed by atoms with Gasteiger partial charge < -0.3 is 5.32 Å². The van der Waals surface area contributed by atoms with Crippen LogP contribution in [0.15, 0.2) is 59.8 Å². The van der Waals surface area contributed by atoms with Crippen molar-refractivity contribution in [3.63, 3.8) is 0 Å². The van der Waals surface area contributed by atoms with E-state index in [0.717, 1.165) is 10.8 Å². The number of benzene rings is 1. The zero-order chi connectivity index (χ0) is 17.6. The number of anilines is 1. The second-order valence-electron chi connectivity index (χ2n) is 4.73. The number of nitrogens with one attached hydrogen (secondary N) is 1. The molecule has 1 heterocycles. The Balaban J connectivity index is 2.18. The van der Waals surface area contributed by atoms with Crippen molar-refractivity contribution in [2.24, 2.45) is 0 Å². The summed E-state index contributed by atoms with van der Waals surface area (Å²) in [5.74, 6) is -0.00290. The van der Waals surface area contributed by atoms with Gasteiger partial charge in [0.1, 0.15) is 0 Å². The molecule has 0 aliphatic rings. The molecular weight excluding hydrogens is 337 g/mol. The molecule has 1 aromatic heterocycles. The van der Waals surface area contributed by atoms with Crippen molar-refractivity contribution in [2.45, 2.75) is 18.1 Å². The van der Waals surface area contributed by atoms with Gasteiger partial charge in [0.2, 0.25) is 5.91 Å². The molecular formula is C17H15F3N2OS. The number of aromatic nitrogens is 1. The molecule has 0 fully saturated rings. The highest BCUT2D eigenvalue weighted by Gasteiger charge is 2.35. The summed E-state index contributed by atoms with van der Waals surface area (Å²) in [5.41, 5.74) is -0.717. The SMILES string of the molecule is CCSc1ccc(NC(=O)/C=C(/c2ccccc2)C(F)(F)F)cn1. The number of alkyl halides is 3. The van der Waals surface area contributed by atoms with Gasteiger partial charge in [-0.25, -0.2) is 4.98 Å². The number of allylic oxidation sites excluding steroid dienone is 1. The molecule has 0 radical (unpaired) electrons. The number of carbonyl (C=O) groups is 1. The van der Waals surface area contributed by atoms with Crippen LogP contribution in [0.5, 0.6) is 0 Å². The van der Waals surface area contributed by atoms with E-state index in [4.69, 9.17) is 0 Å². The van der Waals surface area contributed by atoms with Gasteiger partial charge in [-0.1, -0.05) is 37.3 Å². The van der Waals surface area contributed by atoms with Crippen LogP contribution in [-0.4, -0.2) is 22.8 Å². The Hall–Kier alpha value is -2.28. The molecule has 24 heavy (non-hydrogen) atoms. The van der Waals surface area contributed by atoms with E-state index in [2.05, 4.69) is 10.3 Å². The first-order valence-corrected chi connectivity index (χ1v) is 8.13. The number of nitrogens with zero attached hydrogens (tertiary/aromatic N) is 1. The summed E-state index contributed by atoms with van der Waals surface area (Å²) in [6.45, 7) is 1.98. The average Bonchev–Trinajstić information content (AvgIpc) is 2.54. The Morgan fingerprint density at radius 1 is 1.21 bits per heavy atom. The van der Waals surface area contributed by atoms with Crippen molar-refractivity contribution >= 4 is 28.9 Å². The molecule has 2 rings (SSSR count). The second-order valence-corrected chi connectivity index (χ2v) is 6.01. The molecule has 0 bridgehead atoms. The zero-order valence-electron chi connectivity index (χ0n) is 12.8. The van der Waals surface area contributed by atoms with Gasteiger partial charge in [-0.3, -0.25) is 4.79 Å². The van der Waals surface area contributed by atoms with Crippen LogP contribution < -0.4 is 5.32 Å². The highest BCUT2D eigenvalue weighted by molar-refractivity contribution is 7.99. The van der Waals surface area contributed by atoms with E-state index in [0.29, 0.717) is 11.8 Å². The van der Waals surface area contributed by atoms with Crippen LogP contribution in [0, 0.1) is 0 Å². The molecule has 0 unspecified atom stereocenters. The summed E-state index contributed by atoms with van der Waals surface area (Å²) < 4.78 is 39.5. The van der Waals surface area contributed by atoms with Crippen LogP contribution in [0.1, 0.15) is 12.5 Å². The molecule has 7 heteroatoms. The average molecular weight is 352 g/mol. The molecule has 0 spiro atoms. The number of carbonyl (C=O) groups excluding carboxylic acids is 1. The van der Waals surface area contributed by atoms with Gasteiger partial charge >= 0.3 is 6.18 Å². The predicted molar refractivity (Wildman–Crippen MR) is 89.7 cm³/mol.